The molecule has 0 bridgehead atoms. The second-order valence-corrected chi connectivity index (χ2v) is 4.61. The van der Waals surface area contributed by atoms with E-state index in [9.17, 15) is 5.11 Å². The van der Waals surface area contributed by atoms with Crippen LogP contribution in [0.5, 0.6) is 0 Å². The Labute approximate surface area is 110 Å². The van der Waals surface area contributed by atoms with E-state index in [4.69, 9.17) is 17.3 Å². The molecule has 1 aliphatic heterocycles. The first-order valence-corrected chi connectivity index (χ1v) is 5.93. The van der Waals surface area contributed by atoms with E-state index in [1.54, 1.807) is 30.3 Å². The van der Waals surface area contributed by atoms with Crippen LogP contribution in [0.15, 0.2) is 53.5 Å². The molecule has 0 amide bonds. The first-order chi connectivity index (χ1) is 8.64. The van der Waals surface area contributed by atoms with E-state index in [2.05, 4.69) is 4.99 Å². The molecule has 0 saturated carbocycles. The first kappa shape index (κ1) is 11.3. The third-order valence-electron chi connectivity index (χ3n) is 3.16. The predicted molar refractivity (Wildman–Crippen MR) is 72.2 cm³/mol. The minimum Gasteiger partial charge on any atom is -0.384 e. The lowest BCUT2D eigenvalue weighted by Crippen LogP contribution is -2.39. The standard InChI is InChI=1S/C14H11ClN2O/c15-10-7-4-8-11-12(10)14(18,13(16)17-11)9-5-2-1-3-6-9/h1-8,18H,(H2,16,17). The molecule has 2 aromatic carbocycles. The number of hydrogen-bond donors (Lipinski definition) is 2. The summed E-state index contributed by atoms with van der Waals surface area (Å²) in [5.74, 6) is 0.150. The van der Waals surface area contributed by atoms with Crippen LogP contribution in [-0.2, 0) is 5.60 Å². The maximum Gasteiger partial charge on any atom is 0.176 e. The van der Waals surface area contributed by atoms with Crippen molar-refractivity contribution in [3.05, 3.63) is 64.7 Å². The number of aliphatic hydroxyl groups is 1. The van der Waals surface area contributed by atoms with Gasteiger partial charge in [-0.2, -0.15) is 0 Å². The zero-order chi connectivity index (χ0) is 12.8. The predicted octanol–water partition coefficient (Wildman–Crippen LogP) is 2.58. The van der Waals surface area contributed by atoms with Gasteiger partial charge in [0.2, 0.25) is 0 Å². The number of aliphatic imine (C=N–C) groups is 1. The van der Waals surface area contributed by atoms with E-state index in [-0.39, 0.29) is 5.84 Å². The molecule has 0 radical (unpaired) electrons. The number of halogens is 1. The average Bonchev–Trinajstić information content (AvgIpc) is 2.65. The van der Waals surface area contributed by atoms with Gasteiger partial charge >= 0.3 is 0 Å². The molecule has 3 nitrogen and oxygen atoms in total. The molecular weight excluding hydrogens is 248 g/mol. The normalized spacial score (nSPS) is 21.6. The lowest BCUT2D eigenvalue weighted by atomic mass is 9.86. The third-order valence-corrected chi connectivity index (χ3v) is 3.47. The Morgan fingerprint density at radius 3 is 2.50 bits per heavy atom. The monoisotopic (exact) mass is 258 g/mol. The van der Waals surface area contributed by atoms with E-state index in [1.165, 1.54) is 0 Å². The highest BCUT2D eigenvalue weighted by Crippen LogP contribution is 2.45. The third kappa shape index (κ3) is 1.38. The molecule has 0 spiro atoms. The lowest BCUT2D eigenvalue weighted by molar-refractivity contribution is 0.158. The highest BCUT2D eigenvalue weighted by Gasteiger charge is 2.43. The summed E-state index contributed by atoms with van der Waals surface area (Å²) in [4.78, 5) is 4.20. The SMILES string of the molecule is NC1=Nc2cccc(Cl)c2C1(O)c1ccccc1. The molecule has 1 unspecified atom stereocenters. The molecule has 1 heterocycles. The maximum absolute atomic E-state index is 10.9. The van der Waals surface area contributed by atoms with Crippen LogP contribution in [0.1, 0.15) is 11.1 Å². The van der Waals surface area contributed by atoms with Gasteiger partial charge in [-0.25, -0.2) is 4.99 Å². The van der Waals surface area contributed by atoms with Gasteiger partial charge in [-0.15, -0.1) is 0 Å². The highest BCUT2D eigenvalue weighted by atomic mass is 35.5. The summed E-state index contributed by atoms with van der Waals surface area (Å²) in [6, 6.07) is 14.5. The molecule has 1 atom stereocenters. The molecule has 0 fully saturated rings. The molecule has 0 aliphatic carbocycles. The van der Waals surface area contributed by atoms with Crippen molar-refractivity contribution in [1.82, 2.24) is 0 Å². The van der Waals surface area contributed by atoms with Crippen molar-refractivity contribution in [2.24, 2.45) is 10.7 Å². The largest absolute Gasteiger partial charge is 0.384 e. The Morgan fingerprint density at radius 1 is 1.06 bits per heavy atom. The molecular formula is C14H11ClN2O. The van der Waals surface area contributed by atoms with Gasteiger partial charge in [0.15, 0.2) is 5.60 Å². The molecule has 0 saturated heterocycles. The fourth-order valence-corrected chi connectivity index (χ4v) is 2.58. The smallest absolute Gasteiger partial charge is 0.176 e. The summed E-state index contributed by atoms with van der Waals surface area (Å²) in [7, 11) is 0. The average molecular weight is 259 g/mol. The highest BCUT2D eigenvalue weighted by molar-refractivity contribution is 6.32. The van der Waals surface area contributed by atoms with E-state index in [0.717, 1.165) is 0 Å². The van der Waals surface area contributed by atoms with E-state index < -0.39 is 5.60 Å². The molecule has 3 rings (SSSR count). The summed E-state index contributed by atoms with van der Waals surface area (Å²) in [5, 5.41) is 11.4. The van der Waals surface area contributed by atoms with Crippen molar-refractivity contribution in [1.29, 1.82) is 0 Å². The molecule has 3 N–H and O–H groups in total. The van der Waals surface area contributed by atoms with Crippen LogP contribution in [0.4, 0.5) is 5.69 Å². The summed E-state index contributed by atoms with van der Waals surface area (Å²) in [6.07, 6.45) is 0. The van der Waals surface area contributed by atoms with Crippen molar-refractivity contribution in [2.75, 3.05) is 0 Å². The number of nitrogens with zero attached hydrogens (tertiary/aromatic N) is 1. The summed E-state index contributed by atoms with van der Waals surface area (Å²) in [5.41, 5.74) is 6.30. The maximum atomic E-state index is 10.9. The van der Waals surface area contributed by atoms with Crippen LogP contribution in [0.2, 0.25) is 5.02 Å². The summed E-state index contributed by atoms with van der Waals surface area (Å²) in [6.45, 7) is 0. The van der Waals surface area contributed by atoms with Crippen molar-refractivity contribution < 1.29 is 5.11 Å². The Morgan fingerprint density at radius 2 is 1.78 bits per heavy atom. The Bertz CT molecular complexity index is 639. The van der Waals surface area contributed by atoms with Crippen LogP contribution in [0.25, 0.3) is 0 Å². The quantitative estimate of drug-likeness (QED) is 0.826. The molecule has 90 valence electrons. The van der Waals surface area contributed by atoms with Gasteiger partial charge < -0.3 is 10.8 Å². The number of fused-ring (bicyclic) bond motifs is 1. The minimum atomic E-state index is -1.44. The van der Waals surface area contributed by atoms with Gasteiger partial charge in [0.05, 0.1) is 5.69 Å². The molecule has 4 heteroatoms. The van der Waals surface area contributed by atoms with Gasteiger partial charge in [-0.05, 0) is 17.7 Å². The van der Waals surface area contributed by atoms with Gasteiger partial charge in [0, 0.05) is 10.6 Å². The number of nitrogens with two attached hydrogens (primary N) is 1. The first-order valence-electron chi connectivity index (χ1n) is 5.55. The topological polar surface area (TPSA) is 58.6 Å². The number of hydrogen-bond acceptors (Lipinski definition) is 3. The zero-order valence-corrected chi connectivity index (χ0v) is 10.2. The number of amidine groups is 1. The molecule has 18 heavy (non-hydrogen) atoms. The summed E-state index contributed by atoms with van der Waals surface area (Å²) < 4.78 is 0. The van der Waals surface area contributed by atoms with Gasteiger partial charge in [0.25, 0.3) is 0 Å². The van der Waals surface area contributed by atoms with E-state index in [1.807, 2.05) is 18.2 Å². The van der Waals surface area contributed by atoms with E-state index >= 15 is 0 Å². The summed E-state index contributed by atoms with van der Waals surface area (Å²) >= 11 is 6.18. The van der Waals surface area contributed by atoms with Crippen molar-refractivity contribution >= 4 is 23.1 Å². The van der Waals surface area contributed by atoms with Crippen LogP contribution in [0.3, 0.4) is 0 Å². The molecule has 0 aromatic heterocycles. The van der Waals surface area contributed by atoms with Crippen molar-refractivity contribution in [3.63, 3.8) is 0 Å². The van der Waals surface area contributed by atoms with Crippen LogP contribution >= 0.6 is 11.6 Å². The fourth-order valence-electron chi connectivity index (χ4n) is 2.27. The van der Waals surface area contributed by atoms with Gasteiger partial charge in [-0.1, -0.05) is 48.0 Å². The van der Waals surface area contributed by atoms with Crippen molar-refractivity contribution in [3.8, 4) is 0 Å². The zero-order valence-electron chi connectivity index (χ0n) is 9.47. The minimum absolute atomic E-state index is 0.150. The Kier molecular flexibility index (Phi) is 2.40. The van der Waals surface area contributed by atoms with Crippen molar-refractivity contribution in [2.45, 2.75) is 5.60 Å². The van der Waals surface area contributed by atoms with Crippen LogP contribution in [0, 0.1) is 0 Å². The Balaban J connectivity index is 2.30. The van der Waals surface area contributed by atoms with E-state index in [0.29, 0.717) is 21.8 Å². The molecule has 1 aliphatic rings. The molecule has 2 aromatic rings. The lowest BCUT2D eigenvalue weighted by Gasteiger charge is -2.25. The van der Waals surface area contributed by atoms with Gasteiger partial charge in [0.1, 0.15) is 5.84 Å². The second-order valence-electron chi connectivity index (χ2n) is 4.21. The number of rotatable bonds is 1. The van der Waals surface area contributed by atoms with Crippen LogP contribution < -0.4 is 5.73 Å². The second kappa shape index (κ2) is 3.83. The Hall–Kier alpha value is -1.84. The fraction of sp³-hybridized carbons (Fsp3) is 0.0714. The van der Waals surface area contributed by atoms with Gasteiger partial charge in [-0.3, -0.25) is 0 Å². The number of benzene rings is 2. The van der Waals surface area contributed by atoms with Crippen LogP contribution in [-0.4, -0.2) is 10.9 Å².